The number of aromatic hydroxyl groups is 1. The van der Waals surface area contributed by atoms with E-state index in [2.05, 4.69) is 61.7 Å². The van der Waals surface area contributed by atoms with E-state index in [0.717, 1.165) is 16.7 Å². The Bertz CT molecular complexity index is 1110. The number of fused-ring (bicyclic) bond motifs is 1. The fourth-order valence-electron chi connectivity index (χ4n) is 3.03. The minimum absolute atomic E-state index is 0.212. The van der Waals surface area contributed by atoms with Crippen molar-refractivity contribution in [2.45, 2.75) is 52.4 Å². The average Bonchev–Trinajstić information content (AvgIpc) is 2.52. The lowest BCUT2D eigenvalue weighted by atomic mass is 9.78. The first-order chi connectivity index (χ1) is 12.4. The van der Waals surface area contributed by atoms with E-state index in [4.69, 9.17) is 12.2 Å². The average molecular weight is 385 g/mol. The van der Waals surface area contributed by atoms with Crippen LogP contribution < -0.4 is 5.56 Å². The topological polar surface area (TPSA) is 94.7 Å². The van der Waals surface area contributed by atoms with E-state index in [-0.39, 0.29) is 21.2 Å². The van der Waals surface area contributed by atoms with Crippen molar-refractivity contribution in [3.8, 4) is 17.0 Å². The first kappa shape index (κ1) is 19.2. The molecule has 3 rings (SSSR count). The molecule has 27 heavy (non-hydrogen) atoms. The highest BCUT2D eigenvalue weighted by Crippen LogP contribution is 2.41. The summed E-state index contributed by atoms with van der Waals surface area (Å²) in [7, 11) is 0. The zero-order valence-electron chi connectivity index (χ0n) is 16.4. The first-order valence-electron chi connectivity index (χ1n) is 8.76. The monoisotopic (exact) mass is 384 g/mol. The lowest BCUT2D eigenvalue weighted by molar-refractivity contribution is 0.423. The largest absolute Gasteiger partial charge is 0.507 e. The number of H-pyrrole nitrogens is 2. The normalized spacial score (nSPS) is 12.5. The van der Waals surface area contributed by atoms with Gasteiger partial charge < -0.3 is 10.1 Å². The van der Waals surface area contributed by atoms with Crippen molar-refractivity contribution >= 4 is 23.3 Å². The Morgan fingerprint density at radius 2 is 1.48 bits per heavy atom. The molecule has 1 aromatic carbocycles. The Labute approximate surface area is 162 Å². The van der Waals surface area contributed by atoms with Crippen LogP contribution in [0, 0.1) is 4.77 Å². The summed E-state index contributed by atoms with van der Waals surface area (Å²) in [6.07, 6.45) is 0. The van der Waals surface area contributed by atoms with Crippen molar-refractivity contribution in [1.29, 1.82) is 0 Å². The summed E-state index contributed by atoms with van der Waals surface area (Å²) in [5.41, 5.74) is 2.55. The second-order valence-corrected chi connectivity index (χ2v) is 9.23. The Balaban J connectivity index is 2.33. The van der Waals surface area contributed by atoms with Gasteiger partial charge in [-0.25, -0.2) is 0 Å². The third-order valence-electron chi connectivity index (χ3n) is 4.52. The number of benzene rings is 1. The minimum Gasteiger partial charge on any atom is -0.507 e. The fourth-order valence-corrected chi connectivity index (χ4v) is 3.22. The molecule has 0 aliphatic rings. The lowest BCUT2D eigenvalue weighted by Crippen LogP contribution is -2.17. The van der Waals surface area contributed by atoms with Crippen LogP contribution in [0.4, 0.5) is 0 Å². The van der Waals surface area contributed by atoms with Gasteiger partial charge in [-0.1, -0.05) is 41.5 Å². The van der Waals surface area contributed by atoms with E-state index in [0.29, 0.717) is 22.5 Å². The highest BCUT2D eigenvalue weighted by atomic mass is 32.1. The van der Waals surface area contributed by atoms with Crippen molar-refractivity contribution in [1.82, 2.24) is 20.2 Å². The van der Waals surface area contributed by atoms with Crippen LogP contribution in [0.5, 0.6) is 5.75 Å². The molecule has 0 saturated carbocycles. The highest BCUT2D eigenvalue weighted by molar-refractivity contribution is 7.71. The molecule has 2 aromatic heterocycles. The molecule has 0 saturated heterocycles. The summed E-state index contributed by atoms with van der Waals surface area (Å²) >= 11 is 4.98. The maximum Gasteiger partial charge on any atom is 0.261 e. The molecule has 0 atom stereocenters. The molecule has 0 radical (unpaired) electrons. The predicted molar refractivity (Wildman–Crippen MR) is 110 cm³/mol. The molecule has 2 heterocycles. The Kier molecular flexibility index (Phi) is 4.46. The first-order valence-corrected chi connectivity index (χ1v) is 9.17. The number of phenols is 1. The van der Waals surface area contributed by atoms with Crippen LogP contribution in [0.15, 0.2) is 23.0 Å². The molecule has 142 valence electrons. The van der Waals surface area contributed by atoms with Gasteiger partial charge in [-0.05, 0) is 41.2 Å². The van der Waals surface area contributed by atoms with Gasteiger partial charge in [0, 0.05) is 16.7 Å². The smallest absolute Gasteiger partial charge is 0.261 e. The van der Waals surface area contributed by atoms with Gasteiger partial charge in [0.25, 0.3) is 5.56 Å². The molecular weight excluding hydrogens is 360 g/mol. The van der Waals surface area contributed by atoms with Gasteiger partial charge in [0.1, 0.15) is 5.75 Å². The number of phenolic OH excluding ortho intramolecular Hbond substituents is 1. The second kappa shape index (κ2) is 6.27. The third-order valence-corrected chi connectivity index (χ3v) is 4.72. The summed E-state index contributed by atoms with van der Waals surface area (Å²) in [5.74, 6) is 0.300. The van der Waals surface area contributed by atoms with Gasteiger partial charge in [-0.3, -0.25) is 9.78 Å². The number of nitrogens with zero attached hydrogens (tertiary/aromatic N) is 2. The summed E-state index contributed by atoms with van der Waals surface area (Å²) in [5, 5.41) is 19.7. The zero-order chi connectivity index (χ0) is 20.1. The maximum atomic E-state index is 12.2. The Hall–Kier alpha value is -2.54. The molecular formula is C20H24N4O2S. The van der Waals surface area contributed by atoms with E-state index < -0.39 is 0 Å². The Morgan fingerprint density at radius 3 is 2.00 bits per heavy atom. The van der Waals surface area contributed by atoms with Crippen molar-refractivity contribution in [3.63, 3.8) is 0 Å². The molecule has 0 aliphatic carbocycles. The molecule has 7 heteroatoms. The number of nitrogens with one attached hydrogen (secondary N) is 2. The minimum atomic E-state index is -0.309. The van der Waals surface area contributed by atoms with Gasteiger partial charge in [0.05, 0.1) is 11.1 Å². The summed E-state index contributed by atoms with van der Waals surface area (Å²) in [6.45, 7) is 12.3. The molecule has 0 unspecified atom stereocenters. The van der Waals surface area contributed by atoms with Gasteiger partial charge in [0.2, 0.25) is 0 Å². The standard InChI is InChI=1S/C20H24N4O2S/c1-19(2,3)12-7-10(8-13(15(12)25)20(4,5)6)14-9-11-16(24-23-14)21-18(27)22-17(11)26/h7-9,25H,1-6H3,(H2,21,22,24,26,27). The van der Waals surface area contributed by atoms with Crippen molar-refractivity contribution in [3.05, 3.63) is 44.5 Å². The van der Waals surface area contributed by atoms with Crippen LogP contribution >= 0.6 is 12.2 Å². The molecule has 0 amide bonds. The molecule has 0 bridgehead atoms. The SMILES string of the molecule is CC(C)(C)c1cc(-c2cc3c(=O)[nH]c(=S)[nH]c3nn2)cc(C(C)(C)C)c1O. The Morgan fingerprint density at radius 1 is 0.926 bits per heavy atom. The summed E-state index contributed by atoms with van der Waals surface area (Å²) < 4.78 is 0.212. The summed E-state index contributed by atoms with van der Waals surface area (Å²) in [6, 6.07) is 5.53. The van der Waals surface area contributed by atoms with Crippen LogP contribution in [0.3, 0.4) is 0 Å². The molecule has 3 N–H and O–H groups in total. The van der Waals surface area contributed by atoms with E-state index in [1.165, 1.54) is 0 Å². The fraction of sp³-hybridized carbons (Fsp3) is 0.400. The lowest BCUT2D eigenvalue weighted by Gasteiger charge is -2.28. The second-order valence-electron chi connectivity index (χ2n) is 8.82. The number of hydrogen-bond donors (Lipinski definition) is 3. The number of aromatic amines is 2. The number of aromatic nitrogens is 4. The molecule has 0 fully saturated rings. The highest BCUT2D eigenvalue weighted by Gasteiger charge is 2.27. The van der Waals surface area contributed by atoms with Crippen LogP contribution in [-0.2, 0) is 10.8 Å². The summed E-state index contributed by atoms with van der Waals surface area (Å²) in [4.78, 5) is 17.6. The molecule has 6 nitrogen and oxygen atoms in total. The van der Waals surface area contributed by atoms with Crippen LogP contribution in [-0.4, -0.2) is 25.3 Å². The van der Waals surface area contributed by atoms with Gasteiger partial charge in [-0.15, -0.1) is 10.2 Å². The van der Waals surface area contributed by atoms with Crippen LogP contribution in [0.2, 0.25) is 0 Å². The number of hydrogen-bond acceptors (Lipinski definition) is 5. The van der Waals surface area contributed by atoms with Crippen LogP contribution in [0.1, 0.15) is 52.7 Å². The van der Waals surface area contributed by atoms with E-state index in [1.54, 1.807) is 6.07 Å². The quantitative estimate of drug-likeness (QED) is 0.543. The molecule has 0 aliphatic heterocycles. The van der Waals surface area contributed by atoms with Crippen LogP contribution in [0.25, 0.3) is 22.3 Å². The molecule has 0 spiro atoms. The third kappa shape index (κ3) is 3.64. The maximum absolute atomic E-state index is 12.2. The van der Waals surface area contributed by atoms with Crippen molar-refractivity contribution in [2.24, 2.45) is 0 Å². The van der Waals surface area contributed by atoms with Crippen molar-refractivity contribution in [2.75, 3.05) is 0 Å². The van der Waals surface area contributed by atoms with Crippen molar-refractivity contribution < 1.29 is 5.11 Å². The van der Waals surface area contributed by atoms with E-state index in [1.807, 2.05) is 12.1 Å². The van der Waals surface area contributed by atoms with E-state index >= 15 is 0 Å². The van der Waals surface area contributed by atoms with Gasteiger partial charge in [-0.2, -0.15) is 0 Å². The predicted octanol–water partition coefficient (Wildman–Crippen LogP) is 4.34. The van der Waals surface area contributed by atoms with Gasteiger partial charge >= 0.3 is 0 Å². The van der Waals surface area contributed by atoms with Gasteiger partial charge in [0.15, 0.2) is 10.4 Å². The zero-order valence-corrected chi connectivity index (χ0v) is 17.2. The van der Waals surface area contributed by atoms with E-state index in [9.17, 15) is 9.90 Å². The number of rotatable bonds is 1. The molecule has 3 aromatic rings.